The third kappa shape index (κ3) is 3.35. The summed E-state index contributed by atoms with van der Waals surface area (Å²) in [6, 6.07) is 10.1. The maximum Gasteiger partial charge on any atom is 0.271 e. The summed E-state index contributed by atoms with van der Waals surface area (Å²) in [6.45, 7) is 4.84. The van der Waals surface area contributed by atoms with E-state index in [1.165, 1.54) is 12.1 Å². The number of carbonyl (C=O) groups excluding carboxylic acids is 1. The Kier molecular flexibility index (Phi) is 4.70. The van der Waals surface area contributed by atoms with Crippen molar-refractivity contribution in [3.05, 3.63) is 59.2 Å². The second-order valence-electron chi connectivity index (χ2n) is 6.35. The van der Waals surface area contributed by atoms with Gasteiger partial charge in [-0.1, -0.05) is 0 Å². The minimum Gasteiger partial charge on any atom is -0.329 e. The Balaban J connectivity index is 1.59. The Bertz CT molecular complexity index is 1070. The van der Waals surface area contributed by atoms with Gasteiger partial charge in [-0.15, -0.1) is 11.8 Å². The monoisotopic (exact) mass is 382 g/mol. The predicted molar refractivity (Wildman–Crippen MR) is 106 cm³/mol. The third-order valence-electron chi connectivity index (χ3n) is 4.66. The zero-order valence-corrected chi connectivity index (χ0v) is 15.9. The number of benzene rings is 2. The van der Waals surface area contributed by atoms with Gasteiger partial charge in [0.15, 0.2) is 0 Å². The van der Waals surface area contributed by atoms with Crippen molar-refractivity contribution in [2.75, 3.05) is 5.75 Å². The smallest absolute Gasteiger partial charge is 0.271 e. The molecule has 0 saturated heterocycles. The van der Waals surface area contributed by atoms with Crippen LogP contribution in [0, 0.1) is 12.7 Å². The number of carbonyl (C=O) groups is 1. The van der Waals surface area contributed by atoms with Crippen LogP contribution >= 0.6 is 11.8 Å². The van der Waals surface area contributed by atoms with E-state index in [4.69, 9.17) is 0 Å². The average Bonchev–Trinajstić information content (AvgIpc) is 3.00. The summed E-state index contributed by atoms with van der Waals surface area (Å²) in [6.07, 6.45) is 0.681. The van der Waals surface area contributed by atoms with E-state index < -0.39 is 0 Å². The number of hydrogen-bond acceptors (Lipinski definition) is 4. The number of imidazole rings is 1. The number of thioether (sulfide) groups is 1. The van der Waals surface area contributed by atoms with Crippen LogP contribution in [0.2, 0.25) is 0 Å². The summed E-state index contributed by atoms with van der Waals surface area (Å²) in [4.78, 5) is 18.0. The Morgan fingerprint density at radius 1 is 1.33 bits per heavy atom. The van der Waals surface area contributed by atoms with Crippen LogP contribution in [-0.2, 0) is 6.54 Å². The number of hydrogen-bond donors (Lipinski definition) is 1. The minimum atomic E-state index is -0.303. The zero-order valence-electron chi connectivity index (χ0n) is 15.1. The summed E-state index contributed by atoms with van der Waals surface area (Å²) in [5.41, 5.74) is 6.35. The highest BCUT2D eigenvalue weighted by Gasteiger charge is 2.18. The van der Waals surface area contributed by atoms with Crippen LogP contribution in [0.1, 0.15) is 35.1 Å². The minimum absolute atomic E-state index is 0.302. The molecule has 0 saturated carbocycles. The van der Waals surface area contributed by atoms with E-state index >= 15 is 0 Å². The van der Waals surface area contributed by atoms with Crippen molar-refractivity contribution in [2.45, 2.75) is 31.7 Å². The molecule has 7 heteroatoms. The molecule has 1 N–H and O–H groups in total. The Hall–Kier alpha value is -2.67. The third-order valence-corrected chi connectivity index (χ3v) is 5.73. The van der Waals surface area contributed by atoms with Crippen molar-refractivity contribution >= 4 is 34.4 Å². The Morgan fingerprint density at radius 3 is 3.00 bits per heavy atom. The maximum absolute atomic E-state index is 13.6. The molecule has 1 aliphatic heterocycles. The lowest BCUT2D eigenvalue weighted by molar-refractivity contribution is 0.0955. The predicted octanol–water partition coefficient (Wildman–Crippen LogP) is 4.13. The molecule has 0 spiro atoms. The molecule has 27 heavy (non-hydrogen) atoms. The molecular weight excluding hydrogens is 363 g/mol. The van der Waals surface area contributed by atoms with Gasteiger partial charge in [-0.3, -0.25) is 4.79 Å². The number of rotatable bonds is 3. The molecule has 2 heterocycles. The highest BCUT2D eigenvalue weighted by atomic mass is 32.2. The molecule has 138 valence electrons. The first-order valence-electron chi connectivity index (χ1n) is 8.83. The molecule has 0 fully saturated rings. The van der Waals surface area contributed by atoms with Gasteiger partial charge in [0, 0.05) is 34.7 Å². The van der Waals surface area contributed by atoms with E-state index in [0.29, 0.717) is 17.7 Å². The number of nitrogens with one attached hydrogen (secondary N) is 1. The van der Waals surface area contributed by atoms with Crippen LogP contribution in [0.3, 0.4) is 0 Å². The highest BCUT2D eigenvalue weighted by Crippen LogP contribution is 2.30. The molecule has 1 aromatic heterocycles. The lowest BCUT2D eigenvalue weighted by Crippen LogP contribution is -2.21. The number of fused-ring (bicyclic) bond motifs is 2. The van der Waals surface area contributed by atoms with Crippen LogP contribution < -0.4 is 5.43 Å². The van der Waals surface area contributed by atoms with E-state index in [9.17, 15) is 9.18 Å². The fraction of sp³-hybridized carbons (Fsp3) is 0.250. The van der Waals surface area contributed by atoms with E-state index in [-0.39, 0.29) is 11.7 Å². The van der Waals surface area contributed by atoms with E-state index in [1.807, 2.05) is 13.0 Å². The van der Waals surface area contributed by atoms with E-state index in [0.717, 1.165) is 39.6 Å². The van der Waals surface area contributed by atoms with Crippen LogP contribution in [0.25, 0.3) is 11.0 Å². The molecule has 0 bridgehead atoms. The molecule has 1 amide bonds. The second kappa shape index (κ2) is 7.15. The summed E-state index contributed by atoms with van der Waals surface area (Å²) in [5, 5.41) is 4.27. The van der Waals surface area contributed by atoms with Gasteiger partial charge in [-0.25, -0.2) is 14.8 Å². The van der Waals surface area contributed by atoms with Crippen LogP contribution in [0.5, 0.6) is 0 Å². The molecular formula is C20H19FN4OS. The van der Waals surface area contributed by atoms with Gasteiger partial charge < -0.3 is 4.57 Å². The van der Waals surface area contributed by atoms with Gasteiger partial charge in [0.05, 0.1) is 16.7 Å². The van der Waals surface area contributed by atoms with E-state index in [1.54, 1.807) is 30.0 Å². The Labute approximate surface area is 160 Å². The van der Waals surface area contributed by atoms with Crippen molar-refractivity contribution in [3.63, 3.8) is 0 Å². The van der Waals surface area contributed by atoms with E-state index in [2.05, 4.69) is 27.0 Å². The van der Waals surface area contributed by atoms with Crippen LogP contribution in [-0.4, -0.2) is 26.9 Å². The molecule has 0 aliphatic carbocycles. The topological polar surface area (TPSA) is 59.3 Å². The average molecular weight is 382 g/mol. The maximum atomic E-state index is 13.6. The lowest BCUT2D eigenvalue weighted by atomic mass is 10.1. The number of halogens is 1. The number of hydrazone groups is 1. The summed E-state index contributed by atoms with van der Waals surface area (Å²) in [5.74, 6) is 1.17. The van der Waals surface area contributed by atoms with Crippen molar-refractivity contribution in [3.8, 4) is 0 Å². The molecule has 4 rings (SSSR count). The molecule has 0 atom stereocenters. The molecule has 3 aromatic rings. The van der Waals surface area contributed by atoms with Gasteiger partial charge in [0.1, 0.15) is 11.6 Å². The molecule has 2 aromatic carbocycles. The van der Waals surface area contributed by atoms with Gasteiger partial charge in [0.25, 0.3) is 5.91 Å². The van der Waals surface area contributed by atoms with Crippen molar-refractivity contribution in [2.24, 2.45) is 5.10 Å². The Morgan fingerprint density at radius 2 is 2.19 bits per heavy atom. The number of aryl methyl sites for hydroxylation is 2. The first-order chi connectivity index (χ1) is 13.1. The van der Waals surface area contributed by atoms with Crippen molar-refractivity contribution in [1.29, 1.82) is 0 Å². The zero-order chi connectivity index (χ0) is 19.0. The van der Waals surface area contributed by atoms with Gasteiger partial charge in [-0.2, -0.15) is 5.10 Å². The normalized spacial score (nSPS) is 15.1. The summed E-state index contributed by atoms with van der Waals surface area (Å²) >= 11 is 1.67. The van der Waals surface area contributed by atoms with Crippen LogP contribution in [0.15, 0.2) is 46.4 Å². The van der Waals surface area contributed by atoms with Crippen molar-refractivity contribution < 1.29 is 9.18 Å². The summed E-state index contributed by atoms with van der Waals surface area (Å²) in [7, 11) is 0. The summed E-state index contributed by atoms with van der Waals surface area (Å²) < 4.78 is 15.7. The quantitative estimate of drug-likeness (QED) is 0.693. The van der Waals surface area contributed by atoms with Gasteiger partial charge in [-0.05, 0) is 50.2 Å². The fourth-order valence-electron chi connectivity index (χ4n) is 3.34. The highest BCUT2D eigenvalue weighted by molar-refractivity contribution is 7.99. The van der Waals surface area contributed by atoms with Gasteiger partial charge >= 0.3 is 0 Å². The number of aromatic nitrogens is 2. The largest absolute Gasteiger partial charge is 0.329 e. The number of amides is 1. The molecule has 1 aliphatic rings. The lowest BCUT2D eigenvalue weighted by Gasteiger charge is -2.17. The fourth-order valence-corrected chi connectivity index (χ4v) is 4.35. The molecule has 0 unspecified atom stereocenters. The van der Waals surface area contributed by atoms with Crippen molar-refractivity contribution in [1.82, 2.24) is 15.0 Å². The first-order valence-corrected chi connectivity index (χ1v) is 9.82. The standard InChI is InChI=1S/C20H19FN4OS/c1-3-25-12(2)22-17-10-13(4-6-18(17)25)20(26)24-23-16-8-9-27-19-7-5-14(21)11-15(16)19/h4-7,10-11H,3,8-9H2,1-2H3,(H,24,26)/b23-16-. The first kappa shape index (κ1) is 17.7. The second-order valence-corrected chi connectivity index (χ2v) is 7.48. The SMILES string of the molecule is CCn1c(C)nc2cc(C(=O)N/N=C3/CCSc4ccc(F)cc43)ccc21. The molecule has 0 radical (unpaired) electrons. The van der Waals surface area contributed by atoms with Gasteiger partial charge in [0.2, 0.25) is 0 Å². The van der Waals surface area contributed by atoms with Crippen LogP contribution in [0.4, 0.5) is 4.39 Å². The number of nitrogens with zero attached hydrogens (tertiary/aromatic N) is 3. The molecule has 5 nitrogen and oxygen atoms in total.